The molecule has 3 N–H and O–H groups in total. The molecule has 0 bridgehead atoms. The largest absolute Gasteiger partial charge is 0.493 e. The number of pyridine rings is 1. The Kier molecular flexibility index (Phi) is 8.07. The fraction of sp³-hybridized carbons (Fsp3) is 0.379. The number of benzene rings is 2. The predicted molar refractivity (Wildman–Crippen MR) is 151 cm³/mol. The van der Waals surface area contributed by atoms with Crippen molar-refractivity contribution < 1.29 is 26.7 Å². The number of hydrogen-bond acceptors (Lipinski definition) is 7. The molecular weight excluding hydrogens is 538 g/mol. The normalized spacial score (nSPS) is 16.8. The summed E-state index contributed by atoms with van der Waals surface area (Å²) in [6.07, 6.45) is 0.719. The quantitative estimate of drug-likeness (QED) is 0.372. The van der Waals surface area contributed by atoms with E-state index in [0.29, 0.717) is 13.2 Å². The molecule has 40 heavy (non-hydrogen) atoms. The monoisotopic (exact) mass is 572 g/mol. The van der Waals surface area contributed by atoms with Gasteiger partial charge in [-0.1, -0.05) is 32.9 Å². The average molecular weight is 573 g/mol. The van der Waals surface area contributed by atoms with Gasteiger partial charge >= 0.3 is 0 Å². The fourth-order valence-corrected chi connectivity index (χ4v) is 6.03. The molecule has 0 saturated carbocycles. The predicted octanol–water partition coefficient (Wildman–Crippen LogP) is 5.39. The van der Waals surface area contributed by atoms with E-state index in [1.807, 2.05) is 39.3 Å². The number of rotatable bonds is 8. The van der Waals surface area contributed by atoms with E-state index in [1.165, 1.54) is 42.5 Å². The van der Waals surface area contributed by atoms with Gasteiger partial charge in [0.1, 0.15) is 17.4 Å². The molecule has 1 amide bonds. The number of carbonyl (C=O) groups excluding carboxylic acids is 1. The van der Waals surface area contributed by atoms with E-state index in [-0.39, 0.29) is 45.8 Å². The standard InChI is InChI=1S/C29H34F2N4O4S/c1-17(2)16-39-21-12-19(11-20(30)13-21)22-9-10-23(27(26(22)31)35-15-18(3)14-29(35,4)5)28(36)34-40(37,38)25-8-6-7-24(32)33-25/h6-13,17-18H,14-16H2,1-5H3,(H2,32,33)(H,34,36). The number of anilines is 2. The van der Waals surface area contributed by atoms with Crippen molar-refractivity contribution in [2.24, 2.45) is 11.8 Å². The molecule has 1 unspecified atom stereocenters. The molecule has 1 saturated heterocycles. The molecule has 1 atom stereocenters. The average Bonchev–Trinajstić information content (AvgIpc) is 3.13. The summed E-state index contributed by atoms with van der Waals surface area (Å²) in [6.45, 7) is 10.6. The lowest BCUT2D eigenvalue weighted by Gasteiger charge is -2.35. The molecule has 0 spiro atoms. The molecule has 1 aliphatic heterocycles. The summed E-state index contributed by atoms with van der Waals surface area (Å²) in [5.74, 6) is -1.80. The van der Waals surface area contributed by atoms with Crippen molar-refractivity contribution in [2.45, 2.75) is 51.6 Å². The number of nitrogens with one attached hydrogen (secondary N) is 1. The minimum Gasteiger partial charge on any atom is -0.493 e. The van der Waals surface area contributed by atoms with Crippen LogP contribution in [0, 0.1) is 23.5 Å². The van der Waals surface area contributed by atoms with Crippen LogP contribution in [0.4, 0.5) is 20.3 Å². The molecule has 1 fully saturated rings. The maximum absolute atomic E-state index is 16.5. The summed E-state index contributed by atoms with van der Waals surface area (Å²) < 4.78 is 64.6. The molecule has 3 aromatic rings. The van der Waals surface area contributed by atoms with Crippen LogP contribution in [0.1, 0.15) is 51.4 Å². The van der Waals surface area contributed by atoms with Crippen LogP contribution in [0.2, 0.25) is 0 Å². The smallest absolute Gasteiger partial charge is 0.281 e. The second-order valence-corrected chi connectivity index (χ2v) is 12.9. The minimum atomic E-state index is -4.41. The van der Waals surface area contributed by atoms with Crippen molar-refractivity contribution in [1.82, 2.24) is 9.71 Å². The summed E-state index contributed by atoms with van der Waals surface area (Å²) in [7, 11) is -4.41. The van der Waals surface area contributed by atoms with E-state index in [2.05, 4.69) is 4.98 Å². The van der Waals surface area contributed by atoms with Gasteiger partial charge in [-0.25, -0.2) is 18.5 Å². The first kappa shape index (κ1) is 29.3. The van der Waals surface area contributed by atoms with E-state index in [0.717, 1.165) is 6.42 Å². The number of sulfonamides is 1. The number of ether oxygens (including phenoxy) is 1. The highest BCUT2D eigenvalue weighted by molar-refractivity contribution is 7.90. The Morgan fingerprint density at radius 2 is 1.93 bits per heavy atom. The van der Waals surface area contributed by atoms with Crippen LogP contribution in [0.25, 0.3) is 11.1 Å². The molecule has 2 aromatic carbocycles. The highest BCUT2D eigenvalue weighted by Gasteiger charge is 2.40. The van der Waals surface area contributed by atoms with Gasteiger partial charge in [-0.15, -0.1) is 0 Å². The highest BCUT2D eigenvalue weighted by Crippen LogP contribution is 2.42. The zero-order valence-corrected chi connectivity index (χ0v) is 24.0. The SMILES string of the molecule is CC(C)COc1cc(F)cc(-c2ccc(C(=O)NS(=O)(=O)c3cccc(N)n3)c(N3CC(C)CC3(C)C)c2F)c1. The van der Waals surface area contributed by atoms with Crippen molar-refractivity contribution in [3.63, 3.8) is 0 Å². The van der Waals surface area contributed by atoms with E-state index in [4.69, 9.17) is 10.5 Å². The number of nitrogen functional groups attached to an aromatic ring is 1. The van der Waals surface area contributed by atoms with Crippen molar-refractivity contribution in [3.05, 3.63) is 65.7 Å². The van der Waals surface area contributed by atoms with Gasteiger partial charge < -0.3 is 15.4 Å². The second kappa shape index (κ2) is 11.0. The second-order valence-electron chi connectivity index (χ2n) is 11.3. The Morgan fingerprint density at radius 3 is 2.55 bits per heavy atom. The summed E-state index contributed by atoms with van der Waals surface area (Å²) in [4.78, 5) is 19.0. The molecule has 1 aromatic heterocycles. The van der Waals surface area contributed by atoms with Crippen LogP contribution >= 0.6 is 0 Å². The van der Waals surface area contributed by atoms with Crippen molar-refractivity contribution in [2.75, 3.05) is 23.8 Å². The minimum absolute atomic E-state index is 0.0361. The van der Waals surface area contributed by atoms with E-state index in [1.54, 1.807) is 11.0 Å². The lowest BCUT2D eigenvalue weighted by atomic mass is 9.95. The lowest BCUT2D eigenvalue weighted by Crippen LogP contribution is -2.41. The van der Waals surface area contributed by atoms with Gasteiger partial charge in [0.2, 0.25) is 0 Å². The number of carbonyl (C=O) groups is 1. The first-order valence-corrected chi connectivity index (χ1v) is 14.5. The molecule has 0 radical (unpaired) electrons. The van der Waals surface area contributed by atoms with Gasteiger partial charge in [0.05, 0.1) is 17.9 Å². The third-order valence-corrected chi connectivity index (χ3v) is 7.95. The number of amides is 1. The van der Waals surface area contributed by atoms with Crippen LogP contribution < -0.4 is 20.1 Å². The number of nitrogens with zero attached hydrogens (tertiary/aromatic N) is 2. The lowest BCUT2D eigenvalue weighted by molar-refractivity contribution is 0.0981. The summed E-state index contributed by atoms with van der Waals surface area (Å²) in [5.41, 5.74) is 5.11. The van der Waals surface area contributed by atoms with Crippen molar-refractivity contribution >= 4 is 27.4 Å². The molecule has 8 nitrogen and oxygen atoms in total. The number of hydrogen-bond donors (Lipinski definition) is 2. The van der Waals surface area contributed by atoms with Crippen LogP contribution in [0.5, 0.6) is 5.75 Å². The topological polar surface area (TPSA) is 115 Å². The number of halogens is 2. The maximum atomic E-state index is 16.5. The highest BCUT2D eigenvalue weighted by atomic mass is 32.2. The molecule has 1 aliphatic rings. The number of aromatic nitrogens is 1. The number of nitrogens with two attached hydrogens (primary N) is 1. The molecule has 0 aliphatic carbocycles. The van der Waals surface area contributed by atoms with Crippen molar-refractivity contribution in [1.29, 1.82) is 0 Å². The fourth-order valence-electron chi connectivity index (χ4n) is 5.09. The van der Waals surface area contributed by atoms with Crippen LogP contribution in [0.3, 0.4) is 0 Å². The Hall–Kier alpha value is -3.73. The van der Waals surface area contributed by atoms with E-state index in [9.17, 15) is 17.6 Å². The van der Waals surface area contributed by atoms with Gasteiger partial charge in [-0.05, 0) is 68.0 Å². The molecular formula is C29H34F2N4O4S. The Morgan fingerprint density at radius 1 is 1.20 bits per heavy atom. The van der Waals surface area contributed by atoms with Gasteiger partial charge in [-0.3, -0.25) is 4.79 Å². The third-order valence-electron chi connectivity index (χ3n) is 6.72. The summed E-state index contributed by atoms with van der Waals surface area (Å²) in [6, 6.07) is 10.7. The Labute approximate surface area is 233 Å². The maximum Gasteiger partial charge on any atom is 0.281 e. The molecule has 2 heterocycles. The van der Waals surface area contributed by atoms with Crippen LogP contribution in [-0.4, -0.2) is 38.0 Å². The molecule has 214 valence electrons. The van der Waals surface area contributed by atoms with E-state index < -0.39 is 38.1 Å². The van der Waals surface area contributed by atoms with Gasteiger partial charge in [0.15, 0.2) is 10.8 Å². The zero-order chi connectivity index (χ0) is 29.4. The Balaban J connectivity index is 1.82. The summed E-state index contributed by atoms with van der Waals surface area (Å²) in [5, 5.41) is -0.441. The zero-order valence-electron chi connectivity index (χ0n) is 23.2. The van der Waals surface area contributed by atoms with Crippen LogP contribution in [0.15, 0.2) is 53.6 Å². The molecule has 4 rings (SSSR count). The van der Waals surface area contributed by atoms with Gasteiger partial charge in [-0.2, -0.15) is 8.42 Å². The summed E-state index contributed by atoms with van der Waals surface area (Å²) >= 11 is 0. The van der Waals surface area contributed by atoms with E-state index >= 15 is 4.39 Å². The van der Waals surface area contributed by atoms with Gasteiger partial charge in [0, 0.05) is 23.7 Å². The third kappa shape index (κ3) is 6.19. The van der Waals surface area contributed by atoms with Gasteiger partial charge in [0.25, 0.3) is 15.9 Å². The van der Waals surface area contributed by atoms with Crippen molar-refractivity contribution in [3.8, 4) is 16.9 Å². The molecule has 11 heteroatoms. The van der Waals surface area contributed by atoms with Crippen LogP contribution in [-0.2, 0) is 10.0 Å². The Bertz CT molecular complexity index is 1540. The first-order valence-electron chi connectivity index (χ1n) is 13.0. The first-order chi connectivity index (χ1) is 18.7.